The fourth-order valence-electron chi connectivity index (χ4n) is 2.75. The van der Waals surface area contributed by atoms with Gasteiger partial charge in [-0.2, -0.15) is 0 Å². The van der Waals surface area contributed by atoms with Crippen LogP contribution in [0.5, 0.6) is 0 Å². The van der Waals surface area contributed by atoms with Gasteiger partial charge in [-0.1, -0.05) is 18.2 Å². The number of para-hydroxylation sites is 1. The molecule has 1 aliphatic heterocycles. The van der Waals surface area contributed by atoms with E-state index >= 15 is 0 Å². The van der Waals surface area contributed by atoms with Crippen LogP contribution >= 0.6 is 0 Å². The molecule has 0 spiro atoms. The standard InChI is InChI=1S/C17H25N3O3/c1-14(21)12-20(16-6-4-3-5-7-16)13-17(23)19-10-8-18(9-11-19)15(2)22/h3-7,14,21H,8-13H2,1-2H3. The molecule has 0 aromatic heterocycles. The summed E-state index contributed by atoms with van der Waals surface area (Å²) in [5.74, 6) is 0.0785. The van der Waals surface area contributed by atoms with Crippen molar-refractivity contribution in [3.05, 3.63) is 30.3 Å². The Morgan fingerprint density at radius 3 is 2.22 bits per heavy atom. The van der Waals surface area contributed by atoms with Gasteiger partial charge in [-0.15, -0.1) is 0 Å². The summed E-state index contributed by atoms with van der Waals surface area (Å²) < 4.78 is 0. The second-order valence-corrected chi connectivity index (χ2v) is 5.95. The fourth-order valence-corrected chi connectivity index (χ4v) is 2.75. The monoisotopic (exact) mass is 319 g/mol. The van der Waals surface area contributed by atoms with Gasteiger partial charge in [-0.05, 0) is 19.1 Å². The number of aliphatic hydroxyl groups is 1. The Balaban J connectivity index is 1.97. The van der Waals surface area contributed by atoms with Crippen LogP contribution in [0.25, 0.3) is 0 Å². The minimum absolute atomic E-state index is 0.0257. The number of amides is 2. The molecule has 126 valence electrons. The van der Waals surface area contributed by atoms with Crippen molar-refractivity contribution in [2.45, 2.75) is 20.0 Å². The van der Waals surface area contributed by atoms with Gasteiger partial charge in [0.05, 0.1) is 12.6 Å². The molecule has 1 heterocycles. The van der Waals surface area contributed by atoms with E-state index in [1.807, 2.05) is 35.2 Å². The lowest BCUT2D eigenvalue weighted by Gasteiger charge is -2.36. The van der Waals surface area contributed by atoms with Gasteiger partial charge in [0.1, 0.15) is 0 Å². The molecule has 0 aliphatic carbocycles. The number of benzene rings is 1. The zero-order chi connectivity index (χ0) is 16.8. The van der Waals surface area contributed by atoms with E-state index in [9.17, 15) is 14.7 Å². The molecule has 0 saturated carbocycles. The molecule has 0 radical (unpaired) electrons. The third-order valence-electron chi connectivity index (χ3n) is 4.01. The molecule has 0 bridgehead atoms. The molecule has 1 fully saturated rings. The van der Waals surface area contributed by atoms with Gasteiger partial charge < -0.3 is 19.8 Å². The smallest absolute Gasteiger partial charge is 0.242 e. The average Bonchev–Trinajstić information content (AvgIpc) is 2.54. The van der Waals surface area contributed by atoms with Crippen LogP contribution in [-0.4, -0.2) is 72.1 Å². The first-order valence-corrected chi connectivity index (χ1v) is 7.98. The highest BCUT2D eigenvalue weighted by molar-refractivity contribution is 5.82. The molecular formula is C17H25N3O3. The fraction of sp³-hybridized carbons (Fsp3) is 0.529. The van der Waals surface area contributed by atoms with E-state index in [2.05, 4.69) is 0 Å². The van der Waals surface area contributed by atoms with Gasteiger partial charge >= 0.3 is 0 Å². The molecular weight excluding hydrogens is 294 g/mol. The van der Waals surface area contributed by atoms with Crippen molar-refractivity contribution in [1.29, 1.82) is 0 Å². The molecule has 23 heavy (non-hydrogen) atoms. The van der Waals surface area contributed by atoms with E-state index in [1.165, 1.54) is 0 Å². The summed E-state index contributed by atoms with van der Waals surface area (Å²) >= 11 is 0. The molecule has 6 nitrogen and oxygen atoms in total. The lowest BCUT2D eigenvalue weighted by atomic mass is 10.2. The molecule has 1 aromatic carbocycles. The predicted molar refractivity (Wildman–Crippen MR) is 89.2 cm³/mol. The number of carbonyl (C=O) groups is 2. The highest BCUT2D eigenvalue weighted by Crippen LogP contribution is 2.14. The summed E-state index contributed by atoms with van der Waals surface area (Å²) in [7, 11) is 0. The van der Waals surface area contributed by atoms with E-state index in [0.717, 1.165) is 5.69 Å². The van der Waals surface area contributed by atoms with Crippen molar-refractivity contribution >= 4 is 17.5 Å². The first kappa shape index (κ1) is 17.3. The number of aliphatic hydroxyl groups excluding tert-OH is 1. The van der Waals surface area contributed by atoms with Crippen LogP contribution in [0.15, 0.2) is 30.3 Å². The number of hydrogen-bond donors (Lipinski definition) is 1. The number of nitrogens with zero attached hydrogens (tertiary/aromatic N) is 3. The van der Waals surface area contributed by atoms with Gasteiger partial charge in [-0.25, -0.2) is 0 Å². The SMILES string of the molecule is CC(=O)N1CCN(C(=O)CN(CC(C)O)c2ccccc2)CC1. The molecule has 1 aliphatic rings. The number of piperazine rings is 1. The summed E-state index contributed by atoms with van der Waals surface area (Å²) in [6.45, 7) is 6.21. The van der Waals surface area contributed by atoms with Crippen molar-refractivity contribution in [2.24, 2.45) is 0 Å². The largest absolute Gasteiger partial charge is 0.392 e. The Kier molecular flexibility index (Phi) is 5.98. The zero-order valence-electron chi connectivity index (χ0n) is 13.8. The van der Waals surface area contributed by atoms with Crippen LogP contribution < -0.4 is 4.90 Å². The second-order valence-electron chi connectivity index (χ2n) is 5.95. The molecule has 2 rings (SSSR count). The average molecular weight is 319 g/mol. The van der Waals surface area contributed by atoms with Crippen LogP contribution in [-0.2, 0) is 9.59 Å². The molecule has 2 amide bonds. The number of carbonyl (C=O) groups excluding carboxylic acids is 2. The maximum absolute atomic E-state index is 12.5. The Morgan fingerprint density at radius 1 is 1.13 bits per heavy atom. The van der Waals surface area contributed by atoms with E-state index in [4.69, 9.17) is 0 Å². The molecule has 1 N–H and O–H groups in total. The number of hydrogen-bond acceptors (Lipinski definition) is 4. The first-order chi connectivity index (χ1) is 11.0. The third-order valence-corrected chi connectivity index (χ3v) is 4.01. The van der Waals surface area contributed by atoms with E-state index in [0.29, 0.717) is 32.7 Å². The van der Waals surface area contributed by atoms with Crippen LogP contribution in [0.3, 0.4) is 0 Å². The lowest BCUT2D eigenvalue weighted by Crippen LogP contribution is -2.52. The van der Waals surface area contributed by atoms with Crippen molar-refractivity contribution in [3.63, 3.8) is 0 Å². The van der Waals surface area contributed by atoms with Crippen LogP contribution in [0.4, 0.5) is 5.69 Å². The van der Waals surface area contributed by atoms with Crippen LogP contribution in [0, 0.1) is 0 Å². The zero-order valence-corrected chi connectivity index (χ0v) is 13.8. The quantitative estimate of drug-likeness (QED) is 0.861. The first-order valence-electron chi connectivity index (χ1n) is 7.98. The highest BCUT2D eigenvalue weighted by Gasteiger charge is 2.24. The summed E-state index contributed by atoms with van der Waals surface area (Å²) in [6.07, 6.45) is -0.516. The summed E-state index contributed by atoms with van der Waals surface area (Å²) in [5.41, 5.74) is 0.920. The Morgan fingerprint density at radius 2 is 1.70 bits per heavy atom. The van der Waals surface area contributed by atoms with Gasteiger partial charge in [0.25, 0.3) is 0 Å². The van der Waals surface area contributed by atoms with Gasteiger partial charge in [0.15, 0.2) is 0 Å². The van der Waals surface area contributed by atoms with Gasteiger partial charge in [0, 0.05) is 45.3 Å². The number of rotatable bonds is 5. The Bertz CT molecular complexity index is 525. The minimum atomic E-state index is -0.516. The summed E-state index contributed by atoms with van der Waals surface area (Å²) in [4.78, 5) is 29.3. The van der Waals surface area contributed by atoms with Crippen molar-refractivity contribution in [1.82, 2.24) is 9.80 Å². The minimum Gasteiger partial charge on any atom is -0.392 e. The summed E-state index contributed by atoms with van der Waals surface area (Å²) in [5, 5.41) is 9.69. The topological polar surface area (TPSA) is 64.1 Å². The van der Waals surface area contributed by atoms with Gasteiger partial charge in [-0.3, -0.25) is 9.59 Å². The molecule has 1 unspecified atom stereocenters. The van der Waals surface area contributed by atoms with Crippen molar-refractivity contribution < 1.29 is 14.7 Å². The Hall–Kier alpha value is -2.08. The number of anilines is 1. The van der Waals surface area contributed by atoms with Gasteiger partial charge in [0.2, 0.25) is 11.8 Å². The normalized spacial score (nSPS) is 16.1. The van der Waals surface area contributed by atoms with Crippen molar-refractivity contribution in [2.75, 3.05) is 44.2 Å². The molecule has 1 atom stereocenters. The molecule has 1 aromatic rings. The lowest BCUT2D eigenvalue weighted by molar-refractivity contribution is -0.137. The maximum Gasteiger partial charge on any atom is 0.242 e. The molecule has 1 saturated heterocycles. The predicted octanol–water partition coefficient (Wildman–Crippen LogP) is 0.565. The Labute approximate surface area is 137 Å². The van der Waals surface area contributed by atoms with Crippen LogP contribution in [0.2, 0.25) is 0 Å². The van der Waals surface area contributed by atoms with Crippen molar-refractivity contribution in [3.8, 4) is 0 Å². The van der Waals surface area contributed by atoms with E-state index < -0.39 is 6.10 Å². The highest BCUT2D eigenvalue weighted by atomic mass is 16.3. The molecule has 6 heteroatoms. The summed E-state index contributed by atoms with van der Waals surface area (Å²) in [6, 6.07) is 9.63. The second kappa shape index (κ2) is 7.97. The van der Waals surface area contributed by atoms with E-state index in [-0.39, 0.29) is 18.4 Å². The maximum atomic E-state index is 12.5. The van der Waals surface area contributed by atoms with Crippen LogP contribution in [0.1, 0.15) is 13.8 Å². The van der Waals surface area contributed by atoms with E-state index in [1.54, 1.807) is 23.6 Å². The third kappa shape index (κ3) is 4.96.